The maximum absolute atomic E-state index is 14.4. The number of hydrogen-bond donors (Lipinski definition) is 3. The zero-order chi connectivity index (χ0) is 19.4. The predicted molar refractivity (Wildman–Crippen MR) is 90.0 cm³/mol. The lowest BCUT2D eigenvalue weighted by atomic mass is 10.1. The van der Waals surface area contributed by atoms with Gasteiger partial charge in [-0.1, -0.05) is 11.2 Å². The molecule has 0 saturated carbocycles. The number of alkyl halides is 1. The SMILES string of the molecule is [N-]=[N+]=N[C@]1(CO)O[C@@H](n2ccc(NCc3cccnc3)nc2=O)[C@@H](F)[C@@H]1O. The van der Waals surface area contributed by atoms with Gasteiger partial charge in [0.25, 0.3) is 0 Å². The van der Waals surface area contributed by atoms with Crippen molar-refractivity contribution in [2.75, 3.05) is 11.9 Å². The first-order valence-electron chi connectivity index (χ1n) is 7.90. The minimum absolute atomic E-state index is 0.248. The average molecular weight is 377 g/mol. The Labute approximate surface area is 151 Å². The molecule has 27 heavy (non-hydrogen) atoms. The average Bonchev–Trinajstić information content (AvgIpc) is 2.93. The van der Waals surface area contributed by atoms with E-state index >= 15 is 0 Å². The molecule has 0 aromatic carbocycles. The first kappa shape index (κ1) is 18.7. The second-order valence-electron chi connectivity index (χ2n) is 5.81. The van der Waals surface area contributed by atoms with Crippen LogP contribution in [0.2, 0.25) is 0 Å². The fourth-order valence-corrected chi connectivity index (χ4v) is 2.68. The van der Waals surface area contributed by atoms with Crippen LogP contribution in [0.1, 0.15) is 11.8 Å². The van der Waals surface area contributed by atoms with Crippen molar-refractivity contribution >= 4 is 5.82 Å². The number of aliphatic hydroxyl groups is 2. The number of aromatic nitrogens is 3. The lowest BCUT2D eigenvalue weighted by Crippen LogP contribution is -2.43. The Morgan fingerprint density at radius 3 is 2.96 bits per heavy atom. The van der Waals surface area contributed by atoms with Gasteiger partial charge in [0.2, 0.25) is 5.72 Å². The van der Waals surface area contributed by atoms with Gasteiger partial charge in [0.05, 0.1) is 6.61 Å². The summed E-state index contributed by atoms with van der Waals surface area (Å²) in [7, 11) is 0. The van der Waals surface area contributed by atoms with E-state index in [0.717, 1.165) is 10.1 Å². The molecule has 0 unspecified atom stereocenters. The Hall–Kier alpha value is -3.05. The minimum Gasteiger partial charge on any atom is -0.393 e. The Balaban J connectivity index is 1.79. The van der Waals surface area contributed by atoms with Crippen LogP contribution in [0.4, 0.5) is 10.2 Å². The molecule has 1 aliphatic rings. The zero-order valence-corrected chi connectivity index (χ0v) is 13.9. The number of halogens is 1. The number of nitrogens with zero attached hydrogens (tertiary/aromatic N) is 6. The van der Waals surface area contributed by atoms with Crippen molar-refractivity contribution < 1.29 is 19.3 Å². The summed E-state index contributed by atoms with van der Waals surface area (Å²) in [5, 5.41) is 25.4. The Kier molecular flexibility index (Phi) is 5.33. The summed E-state index contributed by atoms with van der Waals surface area (Å²) in [5.74, 6) is 0.248. The Morgan fingerprint density at radius 1 is 1.52 bits per heavy atom. The summed E-state index contributed by atoms with van der Waals surface area (Å²) in [6.45, 7) is -0.582. The molecule has 0 aliphatic carbocycles. The minimum atomic E-state index is -2.21. The van der Waals surface area contributed by atoms with Crippen molar-refractivity contribution in [3.63, 3.8) is 0 Å². The van der Waals surface area contributed by atoms with Crippen molar-refractivity contribution in [3.05, 3.63) is 63.3 Å². The molecule has 0 bridgehead atoms. The highest BCUT2D eigenvalue weighted by Crippen LogP contribution is 2.39. The molecule has 3 N–H and O–H groups in total. The number of pyridine rings is 1. The molecule has 142 valence electrons. The monoisotopic (exact) mass is 377 g/mol. The largest absolute Gasteiger partial charge is 0.393 e. The van der Waals surface area contributed by atoms with Gasteiger partial charge < -0.3 is 20.3 Å². The molecular formula is C15H16FN7O4. The van der Waals surface area contributed by atoms with Gasteiger partial charge >= 0.3 is 5.69 Å². The van der Waals surface area contributed by atoms with Gasteiger partial charge in [-0.05, 0) is 23.2 Å². The first-order valence-corrected chi connectivity index (χ1v) is 7.90. The molecule has 0 radical (unpaired) electrons. The van der Waals surface area contributed by atoms with E-state index in [1.165, 1.54) is 12.3 Å². The van der Waals surface area contributed by atoms with E-state index in [1.807, 2.05) is 6.07 Å². The van der Waals surface area contributed by atoms with E-state index in [9.17, 15) is 19.4 Å². The van der Waals surface area contributed by atoms with E-state index in [4.69, 9.17) is 10.3 Å². The topological polar surface area (TPSA) is 158 Å². The number of azide groups is 1. The summed E-state index contributed by atoms with van der Waals surface area (Å²) >= 11 is 0. The molecule has 11 nitrogen and oxygen atoms in total. The zero-order valence-electron chi connectivity index (χ0n) is 13.9. The van der Waals surface area contributed by atoms with Crippen molar-refractivity contribution in [3.8, 4) is 0 Å². The molecule has 0 spiro atoms. The van der Waals surface area contributed by atoms with Gasteiger partial charge in [0.1, 0.15) is 11.9 Å². The van der Waals surface area contributed by atoms with Crippen LogP contribution in [0.15, 0.2) is 46.7 Å². The first-order chi connectivity index (χ1) is 13.0. The van der Waals surface area contributed by atoms with Crippen LogP contribution < -0.4 is 11.0 Å². The van der Waals surface area contributed by atoms with E-state index in [0.29, 0.717) is 6.54 Å². The number of hydrogen-bond acceptors (Lipinski definition) is 8. The molecule has 2 aromatic rings. The lowest BCUT2D eigenvalue weighted by molar-refractivity contribution is -0.124. The summed E-state index contributed by atoms with van der Waals surface area (Å²) in [5.41, 5.74) is 6.38. The number of ether oxygens (including phenoxy) is 1. The van der Waals surface area contributed by atoms with E-state index < -0.39 is 36.5 Å². The molecule has 1 saturated heterocycles. The maximum Gasteiger partial charge on any atom is 0.351 e. The smallest absolute Gasteiger partial charge is 0.351 e. The van der Waals surface area contributed by atoms with Gasteiger partial charge in [-0.15, -0.1) is 0 Å². The van der Waals surface area contributed by atoms with Gasteiger partial charge in [-0.25, -0.2) is 9.18 Å². The van der Waals surface area contributed by atoms with Gasteiger partial charge in [-0.3, -0.25) is 9.55 Å². The van der Waals surface area contributed by atoms with Crippen molar-refractivity contribution in [2.24, 2.45) is 5.11 Å². The molecule has 3 rings (SSSR count). The summed E-state index contributed by atoms with van der Waals surface area (Å²) in [6, 6.07) is 5.03. The van der Waals surface area contributed by atoms with E-state index in [2.05, 4.69) is 25.3 Å². The molecule has 3 heterocycles. The Bertz CT molecular complexity index is 905. The van der Waals surface area contributed by atoms with E-state index in [1.54, 1.807) is 18.5 Å². The van der Waals surface area contributed by atoms with Crippen LogP contribution >= 0.6 is 0 Å². The third-order valence-electron chi connectivity index (χ3n) is 4.10. The Morgan fingerprint density at radius 2 is 2.33 bits per heavy atom. The molecule has 1 aliphatic heterocycles. The van der Waals surface area contributed by atoms with Crippen LogP contribution in [0.25, 0.3) is 10.4 Å². The molecule has 1 fully saturated rings. The number of nitrogens with one attached hydrogen (secondary N) is 1. The summed E-state index contributed by atoms with van der Waals surface area (Å²) in [4.78, 5) is 22.5. The van der Waals surface area contributed by atoms with Crippen LogP contribution in [0.5, 0.6) is 0 Å². The van der Waals surface area contributed by atoms with Crippen molar-refractivity contribution in [1.82, 2.24) is 14.5 Å². The number of aliphatic hydroxyl groups excluding tert-OH is 2. The molecular weight excluding hydrogens is 361 g/mol. The van der Waals surface area contributed by atoms with Crippen LogP contribution in [-0.2, 0) is 11.3 Å². The lowest BCUT2D eigenvalue weighted by Gasteiger charge is -2.23. The summed E-state index contributed by atoms with van der Waals surface area (Å²) in [6.07, 6.45) is -1.15. The van der Waals surface area contributed by atoms with Crippen molar-refractivity contribution in [2.45, 2.75) is 30.8 Å². The quantitative estimate of drug-likeness (QED) is 0.375. The molecule has 2 aromatic heterocycles. The van der Waals surface area contributed by atoms with Gasteiger partial charge in [-0.2, -0.15) is 4.98 Å². The maximum atomic E-state index is 14.4. The van der Waals surface area contributed by atoms with Gasteiger partial charge in [0, 0.05) is 30.0 Å². The number of rotatable bonds is 6. The van der Waals surface area contributed by atoms with Crippen LogP contribution in [-0.4, -0.2) is 49.4 Å². The predicted octanol–water partition coefficient (Wildman–Crippen LogP) is 0.477. The van der Waals surface area contributed by atoms with Crippen LogP contribution in [0.3, 0.4) is 0 Å². The highest BCUT2D eigenvalue weighted by atomic mass is 19.1. The molecule has 4 atom stereocenters. The molecule has 0 amide bonds. The van der Waals surface area contributed by atoms with Crippen molar-refractivity contribution in [1.29, 1.82) is 0 Å². The van der Waals surface area contributed by atoms with E-state index in [-0.39, 0.29) is 5.82 Å². The number of anilines is 1. The fourth-order valence-electron chi connectivity index (χ4n) is 2.68. The normalized spacial score (nSPS) is 27.1. The second-order valence-corrected chi connectivity index (χ2v) is 5.81. The standard InChI is InChI=1S/C15H16FN7O4/c16-11-12(25)15(8-24,21-22-17)27-13(11)23-5-3-10(20-14(23)26)19-7-9-2-1-4-18-6-9/h1-6,11-13,24-25H,7-8H2,(H,19,20,26)/t11-,12-,13+,15+/m0/s1. The third-order valence-corrected chi connectivity index (χ3v) is 4.10. The van der Waals surface area contributed by atoms with Crippen LogP contribution in [0, 0.1) is 0 Å². The highest BCUT2D eigenvalue weighted by Gasteiger charge is 2.56. The fraction of sp³-hybridized carbons (Fsp3) is 0.400. The highest BCUT2D eigenvalue weighted by molar-refractivity contribution is 5.33. The molecule has 12 heteroatoms. The summed E-state index contributed by atoms with van der Waals surface area (Å²) < 4.78 is 20.5. The second kappa shape index (κ2) is 7.68. The third kappa shape index (κ3) is 3.59. The van der Waals surface area contributed by atoms with Gasteiger partial charge in [0.15, 0.2) is 12.4 Å².